The average molecular weight is 496 g/mol. The molecule has 2 saturated heterocycles. The Kier molecular flexibility index (Phi) is 7.13. The van der Waals surface area contributed by atoms with E-state index in [9.17, 15) is 4.79 Å². The van der Waals surface area contributed by atoms with Crippen LogP contribution in [-0.2, 0) is 14.3 Å². The van der Waals surface area contributed by atoms with Crippen LogP contribution in [0.15, 0.2) is 47.6 Å². The third-order valence-corrected chi connectivity index (χ3v) is 7.18. The fraction of sp³-hybridized carbons (Fsp3) is 0.481. The number of piperidine rings is 1. The number of ether oxygens (including phenoxy) is 5. The van der Waals surface area contributed by atoms with E-state index in [0.29, 0.717) is 31.1 Å². The number of nitrogens with zero attached hydrogens (tertiary/aromatic N) is 3. The summed E-state index contributed by atoms with van der Waals surface area (Å²) in [7, 11) is 4.89. The van der Waals surface area contributed by atoms with E-state index in [-0.39, 0.29) is 18.5 Å². The fourth-order valence-electron chi connectivity index (χ4n) is 5.14. The maximum absolute atomic E-state index is 13.6. The molecule has 1 unspecified atom stereocenters. The molecule has 3 aliphatic rings. The van der Waals surface area contributed by atoms with Crippen LogP contribution in [0.3, 0.4) is 0 Å². The van der Waals surface area contributed by atoms with Crippen molar-refractivity contribution >= 4 is 11.6 Å². The number of carbonyl (C=O) groups is 1. The molecule has 192 valence electrons. The van der Waals surface area contributed by atoms with Crippen molar-refractivity contribution in [2.24, 2.45) is 5.10 Å². The Morgan fingerprint density at radius 3 is 2.28 bits per heavy atom. The van der Waals surface area contributed by atoms with E-state index in [4.69, 9.17) is 28.8 Å². The molecule has 0 N–H and O–H groups in total. The van der Waals surface area contributed by atoms with Gasteiger partial charge in [0.15, 0.2) is 5.79 Å². The fourth-order valence-corrected chi connectivity index (χ4v) is 5.14. The van der Waals surface area contributed by atoms with E-state index in [1.807, 2.05) is 42.5 Å². The molecule has 0 aliphatic carbocycles. The van der Waals surface area contributed by atoms with Crippen molar-refractivity contribution in [1.29, 1.82) is 0 Å². The smallest absolute Gasteiger partial charge is 0.257 e. The summed E-state index contributed by atoms with van der Waals surface area (Å²) in [6.45, 7) is 3.04. The molecule has 9 heteroatoms. The van der Waals surface area contributed by atoms with Gasteiger partial charge in [0, 0.05) is 44.0 Å². The molecule has 3 heterocycles. The minimum absolute atomic E-state index is 0.0504. The van der Waals surface area contributed by atoms with Crippen LogP contribution in [0, 0.1) is 0 Å². The molecule has 1 spiro atoms. The second-order valence-electron chi connectivity index (χ2n) is 9.23. The van der Waals surface area contributed by atoms with Crippen molar-refractivity contribution < 1.29 is 28.5 Å². The highest BCUT2D eigenvalue weighted by molar-refractivity contribution is 6.03. The van der Waals surface area contributed by atoms with Crippen LogP contribution < -0.4 is 14.2 Å². The normalized spacial score (nSPS) is 21.5. The van der Waals surface area contributed by atoms with E-state index < -0.39 is 5.79 Å². The van der Waals surface area contributed by atoms with Gasteiger partial charge in [-0.1, -0.05) is 0 Å². The van der Waals surface area contributed by atoms with Crippen LogP contribution in [0.2, 0.25) is 0 Å². The van der Waals surface area contributed by atoms with Crippen molar-refractivity contribution in [1.82, 2.24) is 9.91 Å². The molecule has 1 atom stereocenters. The molecule has 0 bridgehead atoms. The molecule has 36 heavy (non-hydrogen) atoms. The average Bonchev–Trinajstić information content (AvgIpc) is 3.57. The van der Waals surface area contributed by atoms with Gasteiger partial charge in [0.1, 0.15) is 17.2 Å². The predicted octanol–water partition coefficient (Wildman–Crippen LogP) is 3.23. The van der Waals surface area contributed by atoms with Gasteiger partial charge in [-0.3, -0.25) is 9.69 Å². The van der Waals surface area contributed by atoms with Crippen LogP contribution in [0.4, 0.5) is 0 Å². The molecule has 0 radical (unpaired) electrons. The maximum Gasteiger partial charge on any atom is 0.257 e. The lowest BCUT2D eigenvalue weighted by atomic mass is 9.97. The first-order valence-corrected chi connectivity index (χ1v) is 12.3. The first-order valence-electron chi connectivity index (χ1n) is 12.3. The number of rotatable bonds is 7. The number of benzene rings is 2. The number of hydrazone groups is 1. The van der Waals surface area contributed by atoms with Crippen LogP contribution in [0.5, 0.6) is 17.2 Å². The third kappa shape index (κ3) is 4.91. The van der Waals surface area contributed by atoms with Gasteiger partial charge in [-0.05, 0) is 42.0 Å². The Hall–Kier alpha value is -3.14. The molecule has 2 fully saturated rings. The lowest BCUT2D eigenvalue weighted by Crippen LogP contribution is -2.48. The highest BCUT2D eigenvalue weighted by Gasteiger charge is 2.41. The second kappa shape index (κ2) is 10.5. The Labute approximate surface area is 211 Å². The lowest BCUT2D eigenvalue weighted by molar-refractivity contribution is -0.186. The van der Waals surface area contributed by atoms with E-state index in [1.165, 1.54) is 0 Å². The number of amides is 1. The Balaban J connectivity index is 1.38. The zero-order chi connectivity index (χ0) is 25.1. The molecule has 2 aromatic carbocycles. The van der Waals surface area contributed by atoms with Gasteiger partial charge in [-0.15, -0.1) is 0 Å². The monoisotopic (exact) mass is 495 g/mol. The minimum atomic E-state index is -0.466. The van der Waals surface area contributed by atoms with Crippen LogP contribution >= 0.6 is 0 Å². The van der Waals surface area contributed by atoms with E-state index in [2.05, 4.69) is 4.90 Å². The highest BCUT2D eigenvalue weighted by Crippen LogP contribution is 2.39. The van der Waals surface area contributed by atoms with Gasteiger partial charge in [0.2, 0.25) is 0 Å². The third-order valence-electron chi connectivity index (χ3n) is 7.18. The molecule has 3 aliphatic heterocycles. The van der Waals surface area contributed by atoms with Gasteiger partial charge in [0.05, 0.1) is 52.8 Å². The highest BCUT2D eigenvalue weighted by atomic mass is 16.7. The Morgan fingerprint density at radius 2 is 1.64 bits per heavy atom. The topological polar surface area (TPSA) is 82.1 Å². The molecule has 5 rings (SSSR count). The first-order chi connectivity index (χ1) is 17.5. The molecule has 9 nitrogen and oxygen atoms in total. The van der Waals surface area contributed by atoms with Crippen LogP contribution in [-0.4, -0.2) is 81.5 Å². The van der Waals surface area contributed by atoms with Gasteiger partial charge >= 0.3 is 0 Å². The van der Waals surface area contributed by atoms with Gasteiger partial charge in [-0.25, -0.2) is 5.01 Å². The van der Waals surface area contributed by atoms with E-state index in [1.54, 1.807) is 26.3 Å². The van der Waals surface area contributed by atoms with E-state index >= 15 is 0 Å². The van der Waals surface area contributed by atoms with E-state index in [0.717, 1.165) is 48.5 Å². The summed E-state index contributed by atoms with van der Waals surface area (Å²) >= 11 is 0. The number of likely N-dealkylation sites (tertiary alicyclic amines) is 1. The number of methoxy groups -OCH3 is 3. The molecule has 2 aromatic rings. The summed E-state index contributed by atoms with van der Waals surface area (Å²) in [5, 5.41) is 6.44. The van der Waals surface area contributed by atoms with Gasteiger partial charge < -0.3 is 23.7 Å². The first kappa shape index (κ1) is 24.5. The van der Waals surface area contributed by atoms with Gasteiger partial charge in [0.25, 0.3) is 5.91 Å². The lowest BCUT2D eigenvalue weighted by Gasteiger charge is -2.37. The summed E-state index contributed by atoms with van der Waals surface area (Å²) < 4.78 is 28.0. The summed E-state index contributed by atoms with van der Waals surface area (Å²) in [6, 6.07) is 13.2. The number of carbonyl (C=O) groups excluding carboxylic acids is 1. The van der Waals surface area contributed by atoms with Gasteiger partial charge in [-0.2, -0.15) is 5.10 Å². The standard InChI is InChI=1S/C27H33N3O6/c1-32-20-6-4-19(5-7-20)23-17-24(22-9-8-21(33-2)16-25(22)34-3)30(28-23)26(31)18-29-12-10-27(11-13-29)35-14-15-36-27/h4-9,16,24H,10-15,17-18H2,1-3H3. The van der Waals surface area contributed by atoms with Crippen LogP contribution in [0.1, 0.15) is 36.4 Å². The quantitative estimate of drug-likeness (QED) is 0.583. The SMILES string of the molecule is COc1ccc(C2=NN(C(=O)CN3CCC4(CC3)OCCO4)C(c3ccc(OC)cc3OC)C2)cc1. The maximum atomic E-state index is 13.6. The zero-order valence-electron chi connectivity index (χ0n) is 21.1. The molecule has 0 aromatic heterocycles. The second-order valence-corrected chi connectivity index (χ2v) is 9.23. The summed E-state index contributed by atoms with van der Waals surface area (Å²) in [5.74, 6) is 1.62. The summed E-state index contributed by atoms with van der Waals surface area (Å²) in [4.78, 5) is 15.8. The molecular weight excluding hydrogens is 462 g/mol. The number of hydrogen-bond donors (Lipinski definition) is 0. The molecule has 0 saturated carbocycles. The Bertz CT molecular complexity index is 1100. The van der Waals surface area contributed by atoms with Crippen molar-refractivity contribution in [2.45, 2.75) is 31.1 Å². The van der Waals surface area contributed by atoms with Crippen molar-refractivity contribution in [3.05, 3.63) is 53.6 Å². The molecular formula is C27H33N3O6. The zero-order valence-corrected chi connectivity index (χ0v) is 21.1. The summed E-state index contributed by atoms with van der Waals surface area (Å²) in [5.41, 5.74) is 2.70. The Morgan fingerprint density at radius 1 is 0.972 bits per heavy atom. The largest absolute Gasteiger partial charge is 0.497 e. The van der Waals surface area contributed by atoms with Crippen molar-refractivity contribution in [2.75, 3.05) is 54.2 Å². The molecule has 1 amide bonds. The number of hydrogen-bond acceptors (Lipinski definition) is 8. The summed E-state index contributed by atoms with van der Waals surface area (Å²) in [6.07, 6.45) is 2.10. The minimum Gasteiger partial charge on any atom is -0.497 e. The van der Waals surface area contributed by atoms with Crippen LogP contribution in [0.25, 0.3) is 0 Å². The predicted molar refractivity (Wildman–Crippen MR) is 134 cm³/mol. The van der Waals surface area contributed by atoms with Crippen molar-refractivity contribution in [3.63, 3.8) is 0 Å². The van der Waals surface area contributed by atoms with Crippen molar-refractivity contribution in [3.8, 4) is 17.2 Å².